The molecule has 0 atom stereocenters. The third kappa shape index (κ3) is 8.59. The Morgan fingerprint density at radius 2 is 1.77 bits per heavy atom. The summed E-state index contributed by atoms with van der Waals surface area (Å²) in [5.41, 5.74) is 1.39. The topological polar surface area (TPSA) is 146 Å². The molecule has 2 N–H and O–H groups in total. The molecule has 5 rings (SSSR count). The van der Waals surface area contributed by atoms with Crippen LogP contribution in [0.3, 0.4) is 0 Å². The van der Waals surface area contributed by atoms with Crippen LogP contribution in [-0.2, 0) is 9.47 Å². The van der Waals surface area contributed by atoms with E-state index in [4.69, 9.17) is 18.9 Å². The summed E-state index contributed by atoms with van der Waals surface area (Å²) in [5, 5.41) is 6.21. The molecule has 4 aromatic rings. The molecule has 13 nitrogen and oxygen atoms in total. The predicted molar refractivity (Wildman–Crippen MR) is 180 cm³/mol. The third-order valence-corrected chi connectivity index (χ3v) is 7.69. The minimum Gasteiger partial charge on any atom is -0.487 e. The van der Waals surface area contributed by atoms with Gasteiger partial charge in [0.25, 0.3) is 5.91 Å². The summed E-state index contributed by atoms with van der Waals surface area (Å²) in [4.78, 5) is 48.4. The lowest BCUT2D eigenvalue weighted by molar-refractivity contribution is 0.0204. The van der Waals surface area contributed by atoms with Crippen LogP contribution in [0.5, 0.6) is 17.2 Å². The average Bonchev–Trinajstić information content (AvgIpc) is 3.48. The van der Waals surface area contributed by atoms with Crippen molar-refractivity contribution in [1.82, 2.24) is 24.8 Å². The van der Waals surface area contributed by atoms with E-state index in [-0.39, 0.29) is 30.6 Å². The molecule has 0 radical (unpaired) electrons. The Labute approximate surface area is 279 Å². The molecule has 1 aliphatic rings. The lowest BCUT2D eigenvalue weighted by Gasteiger charge is -2.33. The van der Waals surface area contributed by atoms with Crippen LogP contribution in [0.2, 0.25) is 0 Å². The number of pyridine rings is 2. The van der Waals surface area contributed by atoms with E-state index in [1.165, 1.54) is 10.8 Å². The smallest absolute Gasteiger partial charge is 0.410 e. The number of piperidine rings is 1. The van der Waals surface area contributed by atoms with Crippen molar-refractivity contribution in [2.75, 3.05) is 45.3 Å². The number of amides is 3. The quantitative estimate of drug-likeness (QED) is 0.190. The van der Waals surface area contributed by atoms with E-state index in [1.54, 1.807) is 54.7 Å². The van der Waals surface area contributed by atoms with Crippen LogP contribution < -0.4 is 20.1 Å². The number of carbonyl (C=O) groups excluding carboxylic acids is 3. The van der Waals surface area contributed by atoms with Gasteiger partial charge in [0.05, 0.1) is 17.7 Å². The molecule has 1 fully saturated rings. The van der Waals surface area contributed by atoms with Gasteiger partial charge in [-0.2, -0.15) is 0 Å². The minimum absolute atomic E-state index is 0.186. The van der Waals surface area contributed by atoms with Gasteiger partial charge in [-0.25, -0.2) is 14.6 Å². The Morgan fingerprint density at radius 3 is 2.46 bits per heavy atom. The van der Waals surface area contributed by atoms with E-state index in [0.717, 1.165) is 23.9 Å². The SMILES string of the molecule is CCOCCOc1cc2c(ccn2C(=O)NC)cc1Oc1ccnc(NC(=O)c2ccc(C3CCN(C(=O)OC(C)(C)C)CC3)nc2)c1. The van der Waals surface area contributed by atoms with Gasteiger partial charge in [-0.3, -0.25) is 14.3 Å². The van der Waals surface area contributed by atoms with Crippen molar-refractivity contribution in [3.8, 4) is 17.2 Å². The zero-order valence-corrected chi connectivity index (χ0v) is 27.9. The highest BCUT2D eigenvalue weighted by molar-refractivity contribution is 6.03. The fourth-order valence-electron chi connectivity index (χ4n) is 5.31. The van der Waals surface area contributed by atoms with Crippen molar-refractivity contribution in [3.63, 3.8) is 0 Å². The maximum atomic E-state index is 13.1. The van der Waals surface area contributed by atoms with Crippen LogP contribution in [0.25, 0.3) is 10.9 Å². The van der Waals surface area contributed by atoms with Gasteiger partial charge < -0.3 is 34.5 Å². The number of anilines is 1. The largest absolute Gasteiger partial charge is 0.487 e. The first-order valence-electron chi connectivity index (χ1n) is 16.0. The number of aromatic nitrogens is 3. The standard InChI is InChI=1S/C35H42N6O7/c1-6-45-17-18-46-29-21-28-24(12-16-41(28)33(43)36-5)19-30(29)47-26-9-13-37-31(20-26)39-32(42)25-7-8-27(38-22-25)23-10-14-40(15-11-23)34(44)48-35(2,3)4/h7-9,12-13,16,19-23H,6,10-11,14-15,17-18H2,1-5H3,(H,36,43)(H,37,39,42). The number of nitrogens with zero attached hydrogens (tertiary/aromatic N) is 4. The van der Waals surface area contributed by atoms with Gasteiger partial charge in [-0.05, 0) is 70.9 Å². The highest BCUT2D eigenvalue weighted by atomic mass is 16.6. The van der Waals surface area contributed by atoms with E-state index in [0.29, 0.717) is 60.4 Å². The highest BCUT2D eigenvalue weighted by Crippen LogP contribution is 2.37. The third-order valence-electron chi connectivity index (χ3n) is 7.69. The molecule has 1 aromatic carbocycles. The number of nitrogens with one attached hydrogen (secondary N) is 2. The summed E-state index contributed by atoms with van der Waals surface area (Å²) in [7, 11) is 1.57. The lowest BCUT2D eigenvalue weighted by atomic mass is 9.93. The van der Waals surface area contributed by atoms with E-state index in [9.17, 15) is 14.4 Å². The zero-order chi connectivity index (χ0) is 34.3. The van der Waals surface area contributed by atoms with Gasteiger partial charge in [0, 0.05) is 74.5 Å². The van der Waals surface area contributed by atoms with Crippen LogP contribution in [0.1, 0.15) is 62.5 Å². The summed E-state index contributed by atoms with van der Waals surface area (Å²) in [6.07, 6.45) is 5.99. The van der Waals surface area contributed by atoms with E-state index in [1.807, 2.05) is 39.8 Å². The van der Waals surface area contributed by atoms with Gasteiger partial charge in [0.15, 0.2) is 11.5 Å². The molecule has 0 unspecified atom stereocenters. The summed E-state index contributed by atoms with van der Waals surface area (Å²) in [6, 6.07) is 12.0. The predicted octanol–water partition coefficient (Wildman–Crippen LogP) is 6.19. The van der Waals surface area contributed by atoms with E-state index < -0.39 is 5.60 Å². The first-order chi connectivity index (χ1) is 23.0. The zero-order valence-electron chi connectivity index (χ0n) is 27.9. The summed E-state index contributed by atoms with van der Waals surface area (Å²) >= 11 is 0. The molecule has 48 heavy (non-hydrogen) atoms. The molecule has 3 amide bonds. The molecule has 0 saturated carbocycles. The molecule has 0 aliphatic carbocycles. The number of ether oxygens (including phenoxy) is 4. The number of likely N-dealkylation sites (tertiary alicyclic amines) is 1. The van der Waals surface area contributed by atoms with Crippen molar-refractivity contribution < 1.29 is 33.3 Å². The normalized spacial score (nSPS) is 13.6. The average molecular weight is 659 g/mol. The molecular formula is C35H42N6O7. The van der Waals surface area contributed by atoms with Gasteiger partial charge in [0.1, 0.15) is 23.8 Å². The maximum absolute atomic E-state index is 13.1. The molecule has 4 heterocycles. The first kappa shape index (κ1) is 34.2. The van der Waals surface area contributed by atoms with E-state index >= 15 is 0 Å². The fraction of sp³-hybridized carbons (Fsp3) is 0.400. The second kappa shape index (κ2) is 15.2. The van der Waals surface area contributed by atoms with Crippen LogP contribution in [-0.4, -0.2) is 83.0 Å². The fourth-order valence-corrected chi connectivity index (χ4v) is 5.31. The minimum atomic E-state index is -0.531. The summed E-state index contributed by atoms with van der Waals surface area (Å²) < 4.78 is 24.6. The Bertz CT molecular complexity index is 1740. The number of fused-ring (bicyclic) bond motifs is 1. The summed E-state index contributed by atoms with van der Waals surface area (Å²) in [6.45, 7) is 9.89. The van der Waals surface area contributed by atoms with Gasteiger partial charge >= 0.3 is 12.1 Å². The van der Waals surface area contributed by atoms with Crippen LogP contribution in [0.15, 0.2) is 61.1 Å². The van der Waals surface area contributed by atoms with Crippen molar-refractivity contribution in [2.24, 2.45) is 0 Å². The Balaban J connectivity index is 1.23. The van der Waals surface area contributed by atoms with Crippen molar-refractivity contribution in [1.29, 1.82) is 0 Å². The lowest BCUT2D eigenvalue weighted by Crippen LogP contribution is -2.41. The van der Waals surface area contributed by atoms with Crippen LogP contribution in [0, 0.1) is 0 Å². The number of rotatable bonds is 10. The second-order valence-corrected chi connectivity index (χ2v) is 12.3. The Morgan fingerprint density at radius 1 is 0.979 bits per heavy atom. The maximum Gasteiger partial charge on any atom is 0.410 e. The monoisotopic (exact) mass is 658 g/mol. The molecular weight excluding hydrogens is 616 g/mol. The number of hydrogen-bond donors (Lipinski definition) is 2. The molecule has 3 aromatic heterocycles. The second-order valence-electron chi connectivity index (χ2n) is 12.3. The molecule has 13 heteroatoms. The number of benzene rings is 1. The van der Waals surface area contributed by atoms with Crippen molar-refractivity contribution >= 4 is 34.8 Å². The molecule has 0 bridgehead atoms. The van der Waals surface area contributed by atoms with Crippen LogP contribution >= 0.6 is 0 Å². The number of carbonyl (C=O) groups is 3. The Hall–Kier alpha value is -5.17. The molecule has 254 valence electrons. The molecule has 1 saturated heterocycles. The highest BCUT2D eigenvalue weighted by Gasteiger charge is 2.28. The van der Waals surface area contributed by atoms with Gasteiger partial charge in [0.2, 0.25) is 0 Å². The first-order valence-corrected chi connectivity index (χ1v) is 16.0. The van der Waals surface area contributed by atoms with Gasteiger partial charge in [-0.15, -0.1) is 0 Å². The van der Waals surface area contributed by atoms with Gasteiger partial charge in [-0.1, -0.05) is 0 Å². The summed E-state index contributed by atoms with van der Waals surface area (Å²) in [5.74, 6) is 1.39. The molecule has 0 spiro atoms. The van der Waals surface area contributed by atoms with Crippen molar-refractivity contribution in [3.05, 3.63) is 72.3 Å². The van der Waals surface area contributed by atoms with Crippen molar-refractivity contribution in [2.45, 2.75) is 52.1 Å². The number of hydrogen-bond acceptors (Lipinski definition) is 9. The molecule has 1 aliphatic heterocycles. The van der Waals surface area contributed by atoms with E-state index in [2.05, 4.69) is 20.6 Å². The van der Waals surface area contributed by atoms with Crippen LogP contribution in [0.4, 0.5) is 15.4 Å². The Kier molecular flexibility index (Phi) is 10.8.